The standard InChI is InChI=1S/C19H10Cl2N2O2/c1-24-18-16(20)13(9-22)14(10-23)17(21)19(18)25-15-8-4-6-11-5-2-3-7-12(11)15/h2-8H,1H3. The number of halogens is 2. The minimum atomic E-state index is -0.0507. The van der Waals surface area contributed by atoms with Crippen molar-refractivity contribution in [1.82, 2.24) is 0 Å². The molecule has 0 heterocycles. The second-order valence-electron chi connectivity index (χ2n) is 5.04. The molecule has 25 heavy (non-hydrogen) atoms. The lowest BCUT2D eigenvalue weighted by Gasteiger charge is -2.16. The molecular formula is C19H10Cl2N2O2. The van der Waals surface area contributed by atoms with Gasteiger partial charge >= 0.3 is 0 Å². The van der Waals surface area contributed by atoms with Crippen LogP contribution >= 0.6 is 23.2 Å². The van der Waals surface area contributed by atoms with Crippen molar-refractivity contribution in [2.75, 3.05) is 7.11 Å². The van der Waals surface area contributed by atoms with Crippen LogP contribution in [0.3, 0.4) is 0 Å². The smallest absolute Gasteiger partial charge is 0.190 e. The van der Waals surface area contributed by atoms with Crippen molar-refractivity contribution in [2.24, 2.45) is 0 Å². The van der Waals surface area contributed by atoms with E-state index in [1.807, 2.05) is 48.5 Å². The fourth-order valence-electron chi connectivity index (χ4n) is 2.52. The number of methoxy groups -OCH3 is 1. The zero-order chi connectivity index (χ0) is 18.0. The van der Waals surface area contributed by atoms with E-state index < -0.39 is 0 Å². The van der Waals surface area contributed by atoms with Crippen molar-refractivity contribution in [3.05, 3.63) is 63.6 Å². The van der Waals surface area contributed by atoms with E-state index in [9.17, 15) is 10.5 Å². The number of benzene rings is 3. The molecule has 0 atom stereocenters. The Hall–Kier alpha value is -2.92. The van der Waals surface area contributed by atoms with Crippen molar-refractivity contribution in [2.45, 2.75) is 0 Å². The Kier molecular flexibility index (Phi) is 4.67. The van der Waals surface area contributed by atoms with Crippen molar-refractivity contribution >= 4 is 34.0 Å². The van der Waals surface area contributed by atoms with E-state index in [1.54, 1.807) is 6.07 Å². The van der Waals surface area contributed by atoms with E-state index in [4.69, 9.17) is 32.7 Å². The summed E-state index contributed by atoms with van der Waals surface area (Å²) in [5, 5.41) is 20.4. The quantitative estimate of drug-likeness (QED) is 0.595. The van der Waals surface area contributed by atoms with Crippen LogP contribution in [0.2, 0.25) is 10.0 Å². The first-order valence-corrected chi connectivity index (χ1v) is 7.92. The van der Waals surface area contributed by atoms with Gasteiger partial charge in [-0.3, -0.25) is 0 Å². The van der Waals surface area contributed by atoms with E-state index in [1.165, 1.54) is 7.11 Å². The largest absolute Gasteiger partial charge is 0.491 e. The summed E-state index contributed by atoms with van der Waals surface area (Å²) in [4.78, 5) is 0. The fraction of sp³-hybridized carbons (Fsp3) is 0.0526. The van der Waals surface area contributed by atoms with E-state index in [-0.39, 0.29) is 32.7 Å². The molecule has 6 heteroatoms. The molecule has 0 spiro atoms. The zero-order valence-electron chi connectivity index (χ0n) is 13.0. The topological polar surface area (TPSA) is 66.0 Å². The fourth-order valence-corrected chi connectivity index (χ4v) is 3.08. The molecule has 0 aliphatic heterocycles. The van der Waals surface area contributed by atoms with Crippen LogP contribution in [0.15, 0.2) is 42.5 Å². The van der Waals surface area contributed by atoms with Gasteiger partial charge in [0.1, 0.15) is 27.9 Å². The summed E-state index contributed by atoms with van der Waals surface area (Å²) in [5.41, 5.74) is -0.0958. The molecule has 0 radical (unpaired) electrons. The highest BCUT2D eigenvalue weighted by atomic mass is 35.5. The molecule has 0 amide bonds. The molecule has 0 aliphatic rings. The molecule has 0 saturated heterocycles. The number of fused-ring (bicyclic) bond motifs is 1. The monoisotopic (exact) mass is 368 g/mol. The van der Waals surface area contributed by atoms with Crippen LogP contribution in [0.25, 0.3) is 10.8 Å². The normalized spacial score (nSPS) is 10.1. The van der Waals surface area contributed by atoms with Crippen molar-refractivity contribution in [1.29, 1.82) is 10.5 Å². The summed E-state index contributed by atoms with van der Waals surface area (Å²) >= 11 is 12.5. The number of hydrogen-bond acceptors (Lipinski definition) is 4. The molecule has 0 aliphatic carbocycles. The molecule has 0 aromatic heterocycles. The van der Waals surface area contributed by atoms with Gasteiger partial charge in [-0.15, -0.1) is 0 Å². The summed E-state index contributed by atoms with van der Waals surface area (Å²) in [6, 6.07) is 17.0. The van der Waals surface area contributed by atoms with Crippen molar-refractivity contribution in [3.63, 3.8) is 0 Å². The summed E-state index contributed by atoms with van der Waals surface area (Å²) in [7, 11) is 1.39. The maximum Gasteiger partial charge on any atom is 0.190 e. The minimum Gasteiger partial charge on any atom is -0.491 e. The molecule has 0 fully saturated rings. The Balaban J connectivity index is 2.26. The highest BCUT2D eigenvalue weighted by Gasteiger charge is 2.25. The molecule has 3 rings (SSSR count). The lowest BCUT2D eigenvalue weighted by Crippen LogP contribution is -1.98. The Morgan fingerprint density at radius 2 is 1.44 bits per heavy atom. The van der Waals surface area contributed by atoms with Gasteiger partial charge in [0, 0.05) is 5.39 Å². The first-order chi connectivity index (χ1) is 12.1. The SMILES string of the molecule is COc1c(Cl)c(C#N)c(C#N)c(Cl)c1Oc1cccc2ccccc12. The van der Waals surface area contributed by atoms with Crippen LogP contribution in [0, 0.1) is 22.7 Å². The molecule has 4 nitrogen and oxygen atoms in total. The van der Waals surface area contributed by atoms with Crippen molar-refractivity contribution in [3.8, 4) is 29.4 Å². The Labute approximate surface area is 154 Å². The van der Waals surface area contributed by atoms with Gasteiger partial charge in [-0.05, 0) is 11.5 Å². The van der Waals surface area contributed by atoms with Crippen LogP contribution in [0.4, 0.5) is 0 Å². The molecule has 0 saturated carbocycles. The third-order valence-electron chi connectivity index (χ3n) is 3.68. The van der Waals surface area contributed by atoms with Gasteiger partial charge in [0.15, 0.2) is 11.5 Å². The number of rotatable bonds is 3. The van der Waals surface area contributed by atoms with E-state index >= 15 is 0 Å². The first-order valence-electron chi connectivity index (χ1n) is 7.17. The first kappa shape index (κ1) is 16.9. The van der Waals surface area contributed by atoms with Crippen LogP contribution in [-0.4, -0.2) is 7.11 Å². The Bertz CT molecular complexity index is 1060. The molecule has 0 bridgehead atoms. The molecule has 3 aromatic carbocycles. The lowest BCUT2D eigenvalue weighted by atomic mass is 10.1. The number of ether oxygens (including phenoxy) is 2. The van der Waals surface area contributed by atoms with Crippen LogP contribution in [-0.2, 0) is 0 Å². The van der Waals surface area contributed by atoms with Crippen LogP contribution < -0.4 is 9.47 Å². The average Bonchev–Trinajstić information content (AvgIpc) is 2.64. The van der Waals surface area contributed by atoms with Crippen LogP contribution in [0.5, 0.6) is 17.2 Å². The van der Waals surface area contributed by atoms with E-state index in [0.29, 0.717) is 5.75 Å². The van der Waals surface area contributed by atoms with E-state index in [2.05, 4.69) is 0 Å². The van der Waals surface area contributed by atoms with E-state index in [0.717, 1.165) is 10.8 Å². The Morgan fingerprint density at radius 3 is 2.08 bits per heavy atom. The molecular weight excluding hydrogens is 359 g/mol. The third kappa shape index (κ3) is 2.83. The lowest BCUT2D eigenvalue weighted by molar-refractivity contribution is 0.380. The predicted octanol–water partition coefficient (Wildman–Crippen LogP) is 5.69. The third-order valence-corrected chi connectivity index (χ3v) is 4.40. The van der Waals surface area contributed by atoms with Gasteiger partial charge in [0.25, 0.3) is 0 Å². The number of hydrogen-bond donors (Lipinski definition) is 0. The van der Waals surface area contributed by atoms with Gasteiger partial charge in [-0.1, -0.05) is 59.6 Å². The van der Waals surface area contributed by atoms with Gasteiger partial charge in [0.2, 0.25) is 0 Å². The summed E-state index contributed by atoms with van der Waals surface area (Å²) < 4.78 is 11.2. The molecule has 3 aromatic rings. The van der Waals surface area contributed by atoms with Gasteiger partial charge < -0.3 is 9.47 Å². The molecule has 0 unspecified atom stereocenters. The predicted molar refractivity (Wildman–Crippen MR) is 96.5 cm³/mol. The minimum absolute atomic E-state index is 0.0128. The molecule has 0 N–H and O–H groups in total. The average molecular weight is 369 g/mol. The number of nitrogens with zero attached hydrogens (tertiary/aromatic N) is 2. The number of nitriles is 2. The highest BCUT2D eigenvalue weighted by Crippen LogP contribution is 2.48. The van der Waals surface area contributed by atoms with Crippen molar-refractivity contribution < 1.29 is 9.47 Å². The summed E-state index contributed by atoms with van der Waals surface area (Å²) in [5.74, 6) is 0.735. The summed E-state index contributed by atoms with van der Waals surface area (Å²) in [6.45, 7) is 0. The van der Waals surface area contributed by atoms with Crippen LogP contribution in [0.1, 0.15) is 11.1 Å². The van der Waals surface area contributed by atoms with Gasteiger partial charge in [-0.25, -0.2) is 0 Å². The second-order valence-corrected chi connectivity index (χ2v) is 5.80. The van der Waals surface area contributed by atoms with Gasteiger partial charge in [-0.2, -0.15) is 10.5 Å². The second kappa shape index (κ2) is 6.91. The van der Waals surface area contributed by atoms with Gasteiger partial charge in [0.05, 0.1) is 18.2 Å². The maximum absolute atomic E-state index is 9.34. The maximum atomic E-state index is 9.34. The molecule has 122 valence electrons. The zero-order valence-corrected chi connectivity index (χ0v) is 14.5. The summed E-state index contributed by atoms with van der Waals surface area (Å²) in [6.07, 6.45) is 0. The highest BCUT2D eigenvalue weighted by molar-refractivity contribution is 6.37. The Morgan fingerprint density at radius 1 is 0.840 bits per heavy atom.